The lowest BCUT2D eigenvalue weighted by atomic mass is 9.88. The second kappa shape index (κ2) is 6.72. The number of nitrogens with one attached hydrogen (secondary N) is 1. The number of nitrogens with zero attached hydrogens (tertiary/aromatic N) is 1. The predicted molar refractivity (Wildman–Crippen MR) is 80.8 cm³/mol. The van der Waals surface area contributed by atoms with E-state index >= 15 is 0 Å². The van der Waals surface area contributed by atoms with Gasteiger partial charge in [-0.25, -0.2) is 0 Å². The Morgan fingerprint density at radius 1 is 1.38 bits per heavy atom. The zero-order chi connectivity index (χ0) is 15.3. The molecule has 2 N–H and O–H groups in total. The summed E-state index contributed by atoms with van der Waals surface area (Å²) in [5.74, 6) is -0.0638. The first-order valence-electron chi connectivity index (χ1n) is 7.23. The number of aliphatic hydroxyl groups is 1. The first-order chi connectivity index (χ1) is 10.0. The van der Waals surface area contributed by atoms with Crippen LogP contribution in [0.4, 0.5) is 0 Å². The van der Waals surface area contributed by atoms with Gasteiger partial charge in [-0.3, -0.25) is 4.79 Å². The summed E-state index contributed by atoms with van der Waals surface area (Å²) in [4.78, 5) is 12.0. The van der Waals surface area contributed by atoms with Gasteiger partial charge in [0.25, 0.3) is 0 Å². The summed E-state index contributed by atoms with van der Waals surface area (Å²) in [7, 11) is 0. The molecule has 5 heteroatoms. The first kappa shape index (κ1) is 15.5. The number of benzene rings is 1. The van der Waals surface area contributed by atoms with E-state index in [0.29, 0.717) is 17.8 Å². The van der Waals surface area contributed by atoms with E-state index in [-0.39, 0.29) is 24.3 Å². The van der Waals surface area contributed by atoms with Crippen LogP contribution in [0.1, 0.15) is 32.4 Å². The molecule has 0 radical (unpaired) electrons. The van der Waals surface area contributed by atoms with Crippen LogP contribution in [0.3, 0.4) is 0 Å². The van der Waals surface area contributed by atoms with Crippen LogP contribution in [0.5, 0.6) is 0 Å². The molecule has 0 fully saturated rings. The molecule has 5 nitrogen and oxygen atoms in total. The molecule has 0 saturated carbocycles. The molecule has 114 valence electrons. The largest absolute Gasteiger partial charge is 0.396 e. The van der Waals surface area contributed by atoms with E-state index in [1.807, 2.05) is 24.3 Å². The fourth-order valence-corrected chi connectivity index (χ4v) is 2.26. The van der Waals surface area contributed by atoms with Crippen LogP contribution in [-0.4, -0.2) is 29.3 Å². The monoisotopic (exact) mass is 290 g/mol. The maximum atomic E-state index is 12.0. The van der Waals surface area contributed by atoms with Crippen molar-refractivity contribution < 1.29 is 14.4 Å². The number of para-hydroxylation sites is 1. The van der Waals surface area contributed by atoms with E-state index in [1.165, 1.54) is 0 Å². The smallest absolute Gasteiger partial charge is 0.226 e. The van der Waals surface area contributed by atoms with Gasteiger partial charge in [0.15, 0.2) is 5.58 Å². The highest BCUT2D eigenvalue weighted by atomic mass is 16.5. The summed E-state index contributed by atoms with van der Waals surface area (Å²) < 4.78 is 5.19. The Kier molecular flexibility index (Phi) is 4.96. The van der Waals surface area contributed by atoms with Gasteiger partial charge in [0.1, 0.15) is 5.69 Å². The highest BCUT2D eigenvalue weighted by Gasteiger charge is 2.19. The van der Waals surface area contributed by atoms with Gasteiger partial charge in [0, 0.05) is 18.5 Å². The molecule has 21 heavy (non-hydrogen) atoms. The Balaban J connectivity index is 1.90. The molecule has 2 rings (SSSR count). The van der Waals surface area contributed by atoms with Gasteiger partial charge in [-0.05, 0) is 30.4 Å². The maximum absolute atomic E-state index is 12.0. The van der Waals surface area contributed by atoms with E-state index < -0.39 is 0 Å². The lowest BCUT2D eigenvalue weighted by Crippen LogP contribution is -2.35. The number of hydrogen-bond donors (Lipinski definition) is 2. The van der Waals surface area contributed by atoms with Gasteiger partial charge >= 0.3 is 0 Å². The maximum Gasteiger partial charge on any atom is 0.226 e. The van der Waals surface area contributed by atoms with Gasteiger partial charge < -0.3 is 14.9 Å². The van der Waals surface area contributed by atoms with Crippen molar-refractivity contribution in [3.05, 3.63) is 30.0 Å². The standard InChI is InChI=1S/C16H22N2O3/c1-16(2,8-5-9-19)11-17-15(20)10-13-12-6-3-4-7-14(12)21-18-13/h3-4,6-7,19H,5,8-11H2,1-2H3,(H,17,20). The third-order valence-electron chi connectivity index (χ3n) is 3.56. The van der Waals surface area contributed by atoms with Crippen molar-refractivity contribution in [1.82, 2.24) is 10.5 Å². The molecule has 0 bridgehead atoms. The Morgan fingerprint density at radius 2 is 2.14 bits per heavy atom. The van der Waals surface area contributed by atoms with Crippen LogP contribution in [0, 0.1) is 5.41 Å². The number of hydrogen-bond acceptors (Lipinski definition) is 4. The Labute approximate surface area is 124 Å². The Bertz CT molecular complexity index is 604. The lowest BCUT2D eigenvalue weighted by Gasteiger charge is -2.24. The van der Waals surface area contributed by atoms with Crippen LogP contribution < -0.4 is 5.32 Å². The number of rotatable bonds is 7. The van der Waals surface area contributed by atoms with Gasteiger partial charge in [0.05, 0.1) is 6.42 Å². The zero-order valence-electron chi connectivity index (χ0n) is 12.6. The summed E-state index contributed by atoms with van der Waals surface area (Å²) in [5.41, 5.74) is 1.34. The summed E-state index contributed by atoms with van der Waals surface area (Å²) in [6, 6.07) is 7.52. The van der Waals surface area contributed by atoms with Gasteiger partial charge in [-0.15, -0.1) is 0 Å². The summed E-state index contributed by atoms with van der Waals surface area (Å²) in [6.45, 7) is 4.92. The van der Waals surface area contributed by atoms with Crippen molar-refractivity contribution >= 4 is 16.9 Å². The summed E-state index contributed by atoms with van der Waals surface area (Å²) >= 11 is 0. The molecular weight excluding hydrogens is 268 g/mol. The molecule has 1 heterocycles. The van der Waals surface area contributed by atoms with Crippen molar-refractivity contribution in [2.24, 2.45) is 5.41 Å². The minimum atomic E-state index is -0.0638. The summed E-state index contributed by atoms with van der Waals surface area (Å²) in [5, 5.41) is 16.6. The number of carbonyl (C=O) groups is 1. The van der Waals surface area contributed by atoms with E-state index in [1.54, 1.807) is 0 Å². The molecule has 1 aromatic heterocycles. The van der Waals surface area contributed by atoms with Crippen LogP contribution in [0.25, 0.3) is 11.0 Å². The molecule has 0 atom stereocenters. The SMILES string of the molecule is CC(C)(CCCO)CNC(=O)Cc1noc2ccccc12. The van der Waals surface area contributed by atoms with Gasteiger partial charge in [-0.2, -0.15) is 0 Å². The fraction of sp³-hybridized carbons (Fsp3) is 0.500. The molecular formula is C16H22N2O3. The lowest BCUT2D eigenvalue weighted by molar-refractivity contribution is -0.121. The molecule has 0 aliphatic rings. The van der Waals surface area contributed by atoms with Crippen LogP contribution in [0.2, 0.25) is 0 Å². The van der Waals surface area contributed by atoms with Crippen molar-refractivity contribution in [3.63, 3.8) is 0 Å². The number of amides is 1. The Hall–Kier alpha value is -1.88. The topological polar surface area (TPSA) is 75.4 Å². The summed E-state index contributed by atoms with van der Waals surface area (Å²) in [6.07, 6.45) is 1.83. The number of fused-ring (bicyclic) bond motifs is 1. The third kappa shape index (κ3) is 4.29. The van der Waals surface area contributed by atoms with Crippen LogP contribution >= 0.6 is 0 Å². The van der Waals surface area contributed by atoms with Crippen molar-refractivity contribution in [2.45, 2.75) is 33.1 Å². The second-order valence-electron chi connectivity index (χ2n) is 6.07. The van der Waals surface area contributed by atoms with Crippen LogP contribution in [-0.2, 0) is 11.2 Å². The number of aromatic nitrogens is 1. The number of aliphatic hydroxyl groups excluding tert-OH is 1. The highest BCUT2D eigenvalue weighted by molar-refractivity contribution is 5.86. The molecule has 1 amide bonds. The van der Waals surface area contributed by atoms with E-state index in [2.05, 4.69) is 24.3 Å². The van der Waals surface area contributed by atoms with Gasteiger partial charge in [0.2, 0.25) is 5.91 Å². The molecule has 0 unspecified atom stereocenters. The minimum Gasteiger partial charge on any atom is -0.396 e. The average molecular weight is 290 g/mol. The fourth-order valence-electron chi connectivity index (χ4n) is 2.26. The predicted octanol–water partition coefficient (Wildman–Crippen LogP) is 2.29. The van der Waals surface area contributed by atoms with Gasteiger partial charge in [-0.1, -0.05) is 31.1 Å². The van der Waals surface area contributed by atoms with E-state index in [4.69, 9.17) is 9.63 Å². The van der Waals surface area contributed by atoms with Crippen molar-refractivity contribution in [3.8, 4) is 0 Å². The van der Waals surface area contributed by atoms with Crippen molar-refractivity contribution in [2.75, 3.05) is 13.2 Å². The Morgan fingerprint density at radius 3 is 2.90 bits per heavy atom. The first-order valence-corrected chi connectivity index (χ1v) is 7.23. The van der Waals surface area contributed by atoms with Crippen molar-refractivity contribution in [1.29, 1.82) is 0 Å². The molecule has 0 aliphatic carbocycles. The molecule has 2 aromatic rings. The third-order valence-corrected chi connectivity index (χ3v) is 3.56. The second-order valence-corrected chi connectivity index (χ2v) is 6.07. The highest BCUT2D eigenvalue weighted by Crippen LogP contribution is 2.21. The molecule has 0 aliphatic heterocycles. The molecule has 0 spiro atoms. The molecule has 0 saturated heterocycles. The average Bonchev–Trinajstić information content (AvgIpc) is 2.87. The van der Waals surface area contributed by atoms with E-state index in [9.17, 15) is 4.79 Å². The zero-order valence-corrected chi connectivity index (χ0v) is 12.6. The minimum absolute atomic E-state index is 0.0235. The van der Waals surface area contributed by atoms with E-state index in [0.717, 1.165) is 18.2 Å². The normalized spacial score (nSPS) is 11.8. The quantitative estimate of drug-likeness (QED) is 0.820. The van der Waals surface area contributed by atoms with Crippen LogP contribution in [0.15, 0.2) is 28.8 Å². The molecule has 1 aromatic carbocycles. The number of carbonyl (C=O) groups excluding carboxylic acids is 1.